The van der Waals surface area contributed by atoms with Crippen LogP contribution in [-0.4, -0.2) is 39.7 Å². The van der Waals surface area contributed by atoms with Crippen molar-refractivity contribution in [2.24, 2.45) is 5.41 Å². The van der Waals surface area contributed by atoms with Gasteiger partial charge in [-0.15, -0.1) is 0 Å². The molecule has 2 aromatic heterocycles. The Morgan fingerprint density at radius 1 is 1.20 bits per heavy atom. The number of aliphatic carboxylic acids is 1. The summed E-state index contributed by atoms with van der Waals surface area (Å²) in [5.74, 6) is -1.000. The lowest BCUT2D eigenvalue weighted by Crippen LogP contribution is -2.39. The lowest BCUT2D eigenvalue weighted by molar-refractivity contribution is -0.160. The summed E-state index contributed by atoms with van der Waals surface area (Å²) < 4.78 is 6.05. The van der Waals surface area contributed by atoms with E-state index in [1.54, 1.807) is 12.4 Å². The van der Waals surface area contributed by atoms with E-state index in [2.05, 4.69) is 28.7 Å². The maximum atomic E-state index is 12.3. The second kappa shape index (κ2) is 8.34. The van der Waals surface area contributed by atoms with Gasteiger partial charge in [-0.3, -0.25) is 9.97 Å². The first-order chi connectivity index (χ1) is 14.0. The first-order valence-corrected chi connectivity index (χ1v) is 10.5. The fraction of sp³-hybridized carbons (Fsp3) is 0.542. The van der Waals surface area contributed by atoms with E-state index in [4.69, 9.17) is 4.74 Å². The van der Waals surface area contributed by atoms with Crippen LogP contribution in [0, 0.1) is 12.3 Å². The normalized spacial score (nSPS) is 17.6. The van der Waals surface area contributed by atoms with Gasteiger partial charge in [-0.2, -0.15) is 0 Å². The number of aryl methyl sites for hydroxylation is 1. The molecule has 6 nitrogen and oxygen atoms in total. The molecule has 0 radical (unpaired) electrons. The Morgan fingerprint density at radius 2 is 1.80 bits per heavy atom. The molecular weight excluding hydrogens is 378 g/mol. The number of carboxylic acids is 1. The van der Waals surface area contributed by atoms with Gasteiger partial charge in [0.25, 0.3) is 0 Å². The first-order valence-electron chi connectivity index (χ1n) is 10.5. The molecule has 0 saturated carbocycles. The Hall–Kier alpha value is -2.47. The summed E-state index contributed by atoms with van der Waals surface area (Å²) in [5, 5.41) is 10.1. The van der Waals surface area contributed by atoms with Crippen molar-refractivity contribution in [1.82, 2.24) is 9.97 Å². The maximum absolute atomic E-state index is 12.3. The van der Waals surface area contributed by atoms with Gasteiger partial charge in [0, 0.05) is 48.5 Å². The molecule has 0 unspecified atom stereocenters. The topological polar surface area (TPSA) is 75.5 Å². The van der Waals surface area contributed by atoms with Gasteiger partial charge in [0.1, 0.15) is 0 Å². The zero-order valence-electron chi connectivity index (χ0n) is 18.9. The molecule has 162 valence electrons. The van der Waals surface area contributed by atoms with Crippen molar-refractivity contribution >= 4 is 11.7 Å². The first kappa shape index (κ1) is 22.2. The molecule has 0 spiro atoms. The summed E-state index contributed by atoms with van der Waals surface area (Å²) in [6.07, 6.45) is 6.34. The number of carbonyl (C=O) groups is 1. The van der Waals surface area contributed by atoms with Gasteiger partial charge in [-0.25, -0.2) is 4.79 Å². The summed E-state index contributed by atoms with van der Waals surface area (Å²) in [6.45, 7) is 13.8. The number of aromatic nitrogens is 2. The maximum Gasteiger partial charge on any atom is 0.337 e. The summed E-state index contributed by atoms with van der Waals surface area (Å²) in [7, 11) is 0. The van der Waals surface area contributed by atoms with Crippen LogP contribution in [0.1, 0.15) is 64.8 Å². The highest BCUT2D eigenvalue weighted by atomic mass is 16.5. The highest BCUT2D eigenvalue weighted by Crippen LogP contribution is 2.43. The minimum atomic E-state index is -1.09. The van der Waals surface area contributed by atoms with Crippen LogP contribution in [0.4, 0.5) is 5.69 Å². The van der Waals surface area contributed by atoms with E-state index < -0.39 is 17.7 Å². The number of pyridine rings is 2. The molecular formula is C24H33N3O3. The Balaban J connectivity index is 2.21. The van der Waals surface area contributed by atoms with Gasteiger partial charge < -0.3 is 14.7 Å². The van der Waals surface area contributed by atoms with Crippen molar-refractivity contribution in [3.05, 3.63) is 42.0 Å². The second-order valence-corrected chi connectivity index (χ2v) is 9.86. The molecule has 0 amide bonds. The van der Waals surface area contributed by atoms with Crippen molar-refractivity contribution < 1.29 is 14.6 Å². The fourth-order valence-corrected chi connectivity index (χ4v) is 3.93. The molecule has 1 fully saturated rings. The van der Waals surface area contributed by atoms with Crippen molar-refractivity contribution in [3.63, 3.8) is 0 Å². The number of anilines is 1. The summed E-state index contributed by atoms with van der Waals surface area (Å²) in [4.78, 5) is 23.4. The average molecular weight is 412 g/mol. The number of rotatable bonds is 5. The van der Waals surface area contributed by atoms with Crippen LogP contribution in [0.15, 0.2) is 30.7 Å². The predicted octanol–water partition coefficient (Wildman–Crippen LogP) is 5.02. The third kappa shape index (κ3) is 4.98. The molecule has 0 aromatic carbocycles. The van der Waals surface area contributed by atoms with E-state index in [0.29, 0.717) is 11.3 Å². The third-order valence-corrected chi connectivity index (χ3v) is 5.67. The number of carboxylic acid groups (broad SMARTS) is 1. The Bertz CT molecular complexity index is 894. The van der Waals surface area contributed by atoms with Gasteiger partial charge in [0.05, 0.1) is 11.3 Å². The molecule has 0 bridgehead atoms. The van der Waals surface area contributed by atoms with Crippen LogP contribution in [-0.2, 0) is 9.53 Å². The molecule has 6 heteroatoms. The number of piperidine rings is 1. The molecule has 2 aromatic rings. The summed E-state index contributed by atoms with van der Waals surface area (Å²) in [6, 6.07) is 3.88. The molecule has 1 atom stereocenters. The van der Waals surface area contributed by atoms with Crippen LogP contribution < -0.4 is 4.90 Å². The van der Waals surface area contributed by atoms with Gasteiger partial charge >= 0.3 is 5.97 Å². The zero-order chi connectivity index (χ0) is 22.1. The summed E-state index contributed by atoms with van der Waals surface area (Å²) in [5.41, 5.74) is 3.81. The predicted molar refractivity (Wildman–Crippen MR) is 119 cm³/mol. The van der Waals surface area contributed by atoms with Crippen LogP contribution >= 0.6 is 0 Å². The SMILES string of the molecule is Cc1ncc(-c2ccncc2)c(N2CCC(C)(C)CC2)c1[C@H](OC(C)(C)C)C(=O)O. The van der Waals surface area contributed by atoms with Crippen LogP contribution in [0.3, 0.4) is 0 Å². The minimum absolute atomic E-state index is 0.281. The molecule has 1 saturated heterocycles. The van der Waals surface area contributed by atoms with E-state index in [9.17, 15) is 9.90 Å². The lowest BCUT2D eigenvalue weighted by atomic mass is 9.82. The molecule has 0 aliphatic carbocycles. The highest BCUT2D eigenvalue weighted by molar-refractivity contribution is 5.86. The minimum Gasteiger partial charge on any atom is -0.479 e. The lowest BCUT2D eigenvalue weighted by Gasteiger charge is -2.41. The molecule has 1 aliphatic rings. The summed E-state index contributed by atoms with van der Waals surface area (Å²) >= 11 is 0. The molecule has 30 heavy (non-hydrogen) atoms. The number of ether oxygens (including phenoxy) is 1. The van der Waals surface area contributed by atoms with Crippen molar-refractivity contribution in [1.29, 1.82) is 0 Å². The fourth-order valence-electron chi connectivity index (χ4n) is 3.93. The standard InChI is InChI=1S/C24H33N3O3/c1-16-19(21(22(28)29)30-23(2,3)4)20(27-13-9-24(5,6)10-14-27)18(15-26-16)17-7-11-25-12-8-17/h7-8,11-12,15,21H,9-10,13-14H2,1-6H3,(H,28,29)/t21-/m0/s1. The van der Waals surface area contributed by atoms with E-state index in [1.165, 1.54) is 0 Å². The Labute approximate surface area is 179 Å². The molecule has 3 rings (SSSR count). The van der Waals surface area contributed by atoms with E-state index in [0.717, 1.165) is 42.7 Å². The van der Waals surface area contributed by atoms with Crippen molar-refractivity contribution in [3.8, 4) is 11.1 Å². The van der Waals surface area contributed by atoms with Gasteiger partial charge in [-0.05, 0) is 63.6 Å². The van der Waals surface area contributed by atoms with Gasteiger partial charge in [-0.1, -0.05) is 13.8 Å². The Morgan fingerprint density at radius 3 is 2.33 bits per heavy atom. The second-order valence-electron chi connectivity index (χ2n) is 9.86. The van der Waals surface area contributed by atoms with E-state index in [1.807, 2.05) is 46.0 Å². The van der Waals surface area contributed by atoms with Gasteiger partial charge in [0.2, 0.25) is 0 Å². The monoisotopic (exact) mass is 411 g/mol. The van der Waals surface area contributed by atoms with E-state index in [-0.39, 0.29) is 5.41 Å². The Kier molecular flexibility index (Phi) is 6.18. The smallest absolute Gasteiger partial charge is 0.337 e. The number of hydrogen-bond acceptors (Lipinski definition) is 5. The van der Waals surface area contributed by atoms with Crippen LogP contribution in [0.25, 0.3) is 11.1 Å². The quantitative estimate of drug-likeness (QED) is 0.745. The van der Waals surface area contributed by atoms with Crippen LogP contribution in [0.2, 0.25) is 0 Å². The molecule has 3 heterocycles. The number of nitrogens with zero attached hydrogens (tertiary/aromatic N) is 3. The molecule has 1 N–H and O–H groups in total. The van der Waals surface area contributed by atoms with Crippen molar-refractivity contribution in [2.75, 3.05) is 18.0 Å². The third-order valence-electron chi connectivity index (χ3n) is 5.67. The van der Waals surface area contributed by atoms with Crippen LogP contribution in [0.5, 0.6) is 0 Å². The zero-order valence-corrected chi connectivity index (χ0v) is 18.9. The molecule has 1 aliphatic heterocycles. The average Bonchev–Trinajstić information content (AvgIpc) is 2.66. The number of hydrogen-bond donors (Lipinski definition) is 1. The van der Waals surface area contributed by atoms with E-state index >= 15 is 0 Å². The van der Waals surface area contributed by atoms with Gasteiger partial charge in [0.15, 0.2) is 6.10 Å². The largest absolute Gasteiger partial charge is 0.479 e. The highest BCUT2D eigenvalue weighted by Gasteiger charge is 2.35. The van der Waals surface area contributed by atoms with Crippen molar-refractivity contribution in [2.45, 2.75) is 66.1 Å².